The molecule has 1 aromatic carbocycles. The van der Waals surface area contributed by atoms with Crippen molar-refractivity contribution in [3.8, 4) is 0 Å². The third-order valence-electron chi connectivity index (χ3n) is 4.20. The van der Waals surface area contributed by atoms with Crippen molar-refractivity contribution in [1.29, 1.82) is 0 Å². The van der Waals surface area contributed by atoms with E-state index in [1.54, 1.807) is 12.1 Å². The van der Waals surface area contributed by atoms with Crippen molar-refractivity contribution in [3.05, 3.63) is 29.6 Å². The summed E-state index contributed by atoms with van der Waals surface area (Å²) >= 11 is 0. The zero-order valence-electron chi connectivity index (χ0n) is 10.2. The number of piperidine rings is 1. The minimum Gasteiger partial charge on any atom is -0.368 e. The Labute approximate surface area is 102 Å². The Morgan fingerprint density at radius 3 is 2.82 bits per heavy atom. The Bertz CT molecular complexity index is 430. The number of halogens is 1. The molecule has 2 bridgehead atoms. The largest absolute Gasteiger partial charge is 0.368 e. The number of benzene rings is 1. The van der Waals surface area contributed by atoms with Crippen LogP contribution in [-0.4, -0.2) is 12.6 Å². The Balaban J connectivity index is 1.97. The summed E-state index contributed by atoms with van der Waals surface area (Å²) in [5.74, 6) is 0.649. The third-order valence-corrected chi connectivity index (χ3v) is 4.20. The van der Waals surface area contributed by atoms with Crippen molar-refractivity contribution in [2.24, 2.45) is 11.7 Å². The van der Waals surface area contributed by atoms with Crippen LogP contribution in [0.4, 0.5) is 10.1 Å². The molecule has 2 aliphatic rings. The molecule has 0 amide bonds. The molecular weight excluding hydrogens is 215 g/mol. The van der Waals surface area contributed by atoms with E-state index in [2.05, 4.69) is 4.90 Å². The normalized spacial score (nSPS) is 28.8. The van der Waals surface area contributed by atoms with Crippen LogP contribution in [0, 0.1) is 11.7 Å². The van der Waals surface area contributed by atoms with Crippen LogP contribution in [0.25, 0.3) is 0 Å². The molecule has 1 saturated carbocycles. The summed E-state index contributed by atoms with van der Waals surface area (Å²) in [6.45, 7) is 3.04. The van der Waals surface area contributed by atoms with Crippen molar-refractivity contribution in [1.82, 2.24) is 0 Å². The van der Waals surface area contributed by atoms with Gasteiger partial charge in [-0.1, -0.05) is 0 Å². The summed E-state index contributed by atoms with van der Waals surface area (Å²) in [6, 6.07) is 5.58. The molecule has 0 aromatic heterocycles. The number of hydrogen-bond acceptors (Lipinski definition) is 2. The molecule has 3 atom stereocenters. The quantitative estimate of drug-likeness (QED) is 0.852. The monoisotopic (exact) mass is 234 g/mol. The molecule has 17 heavy (non-hydrogen) atoms. The summed E-state index contributed by atoms with van der Waals surface area (Å²) < 4.78 is 13.3. The fourth-order valence-corrected chi connectivity index (χ4v) is 3.37. The van der Waals surface area contributed by atoms with Gasteiger partial charge in [0.1, 0.15) is 5.82 Å². The van der Waals surface area contributed by atoms with E-state index in [4.69, 9.17) is 5.73 Å². The maximum Gasteiger partial charge on any atom is 0.123 e. The molecule has 92 valence electrons. The lowest BCUT2D eigenvalue weighted by molar-refractivity contribution is 0.550. The fourth-order valence-electron chi connectivity index (χ4n) is 3.37. The molecule has 3 rings (SSSR count). The first kappa shape index (κ1) is 11.0. The average Bonchev–Trinajstić information content (AvgIpc) is 2.90. The zero-order valence-corrected chi connectivity index (χ0v) is 10.2. The molecule has 1 aromatic rings. The highest BCUT2D eigenvalue weighted by Crippen LogP contribution is 2.42. The van der Waals surface area contributed by atoms with Crippen molar-refractivity contribution < 1.29 is 4.39 Å². The van der Waals surface area contributed by atoms with E-state index in [0.717, 1.165) is 23.7 Å². The molecule has 0 spiro atoms. The van der Waals surface area contributed by atoms with Crippen LogP contribution in [0.5, 0.6) is 0 Å². The first-order valence-corrected chi connectivity index (χ1v) is 6.47. The molecule has 2 unspecified atom stereocenters. The molecule has 2 fully saturated rings. The van der Waals surface area contributed by atoms with E-state index in [1.165, 1.54) is 19.3 Å². The number of hydrogen-bond donors (Lipinski definition) is 1. The van der Waals surface area contributed by atoms with Gasteiger partial charge in [-0.25, -0.2) is 4.39 Å². The van der Waals surface area contributed by atoms with Crippen LogP contribution >= 0.6 is 0 Å². The van der Waals surface area contributed by atoms with Crippen LogP contribution in [0.1, 0.15) is 37.8 Å². The standard InChI is InChI=1S/C14H19FN2/c1-9(16)13-7-11(15)3-5-14(13)17-8-10-2-4-12(17)6-10/h3,5,7,9-10,12H,2,4,6,8,16H2,1H3/t9-,10?,12?/m0/s1. The second-order valence-corrected chi connectivity index (χ2v) is 5.48. The molecule has 1 aliphatic heterocycles. The fraction of sp³-hybridized carbons (Fsp3) is 0.571. The van der Waals surface area contributed by atoms with Crippen LogP contribution in [-0.2, 0) is 0 Å². The maximum atomic E-state index is 13.3. The van der Waals surface area contributed by atoms with Crippen LogP contribution < -0.4 is 10.6 Å². The van der Waals surface area contributed by atoms with E-state index in [9.17, 15) is 4.39 Å². The number of rotatable bonds is 2. The molecule has 2 N–H and O–H groups in total. The number of anilines is 1. The molecule has 3 heteroatoms. The number of fused-ring (bicyclic) bond motifs is 2. The second kappa shape index (κ2) is 3.98. The Morgan fingerprint density at radius 1 is 1.41 bits per heavy atom. The van der Waals surface area contributed by atoms with E-state index >= 15 is 0 Å². The van der Waals surface area contributed by atoms with E-state index < -0.39 is 0 Å². The highest BCUT2D eigenvalue weighted by atomic mass is 19.1. The van der Waals surface area contributed by atoms with Gasteiger partial charge in [0, 0.05) is 24.3 Å². The van der Waals surface area contributed by atoms with Crippen molar-refractivity contribution in [2.75, 3.05) is 11.4 Å². The lowest BCUT2D eigenvalue weighted by atomic mass is 10.0. The zero-order chi connectivity index (χ0) is 12.0. The minimum absolute atomic E-state index is 0.111. The third kappa shape index (κ3) is 1.82. The van der Waals surface area contributed by atoms with Crippen LogP contribution in [0.15, 0.2) is 18.2 Å². The predicted molar refractivity (Wildman–Crippen MR) is 67.5 cm³/mol. The van der Waals surface area contributed by atoms with Crippen LogP contribution in [0.2, 0.25) is 0 Å². The van der Waals surface area contributed by atoms with Crippen molar-refractivity contribution >= 4 is 5.69 Å². The molecule has 1 saturated heterocycles. The topological polar surface area (TPSA) is 29.3 Å². The number of nitrogens with two attached hydrogens (primary N) is 1. The van der Waals surface area contributed by atoms with Gasteiger partial charge in [0.15, 0.2) is 0 Å². The average molecular weight is 234 g/mol. The van der Waals surface area contributed by atoms with Crippen LogP contribution in [0.3, 0.4) is 0 Å². The minimum atomic E-state index is -0.189. The molecular formula is C14H19FN2. The maximum absolute atomic E-state index is 13.3. The van der Waals surface area contributed by atoms with Gasteiger partial charge in [0.2, 0.25) is 0 Å². The van der Waals surface area contributed by atoms with Crippen molar-refractivity contribution in [3.63, 3.8) is 0 Å². The Hall–Kier alpha value is -1.09. The van der Waals surface area contributed by atoms with E-state index in [1.807, 2.05) is 13.0 Å². The van der Waals surface area contributed by atoms with Crippen molar-refractivity contribution in [2.45, 2.75) is 38.3 Å². The first-order chi connectivity index (χ1) is 8.15. The summed E-state index contributed by atoms with van der Waals surface area (Å²) in [7, 11) is 0. The Kier molecular flexibility index (Phi) is 2.58. The van der Waals surface area contributed by atoms with Gasteiger partial charge < -0.3 is 10.6 Å². The summed E-state index contributed by atoms with van der Waals surface area (Å²) in [5, 5.41) is 0. The lowest BCUT2D eigenvalue weighted by Crippen LogP contribution is -2.33. The lowest BCUT2D eigenvalue weighted by Gasteiger charge is -2.31. The molecule has 1 heterocycles. The summed E-state index contributed by atoms with van der Waals surface area (Å²) in [4.78, 5) is 2.44. The van der Waals surface area contributed by atoms with Gasteiger partial charge in [0.25, 0.3) is 0 Å². The van der Waals surface area contributed by atoms with Gasteiger partial charge in [-0.3, -0.25) is 0 Å². The number of nitrogens with zero attached hydrogens (tertiary/aromatic N) is 1. The van der Waals surface area contributed by atoms with Gasteiger partial charge in [0.05, 0.1) is 0 Å². The van der Waals surface area contributed by atoms with E-state index in [-0.39, 0.29) is 11.9 Å². The highest BCUT2D eigenvalue weighted by Gasteiger charge is 2.38. The van der Waals surface area contributed by atoms with E-state index in [0.29, 0.717) is 6.04 Å². The SMILES string of the molecule is C[C@H](N)c1cc(F)ccc1N1CC2CCC1C2. The first-order valence-electron chi connectivity index (χ1n) is 6.47. The van der Waals surface area contributed by atoms with Gasteiger partial charge in [-0.05, 0) is 55.9 Å². The second-order valence-electron chi connectivity index (χ2n) is 5.48. The summed E-state index contributed by atoms with van der Waals surface area (Å²) in [5.41, 5.74) is 8.04. The Morgan fingerprint density at radius 2 is 2.24 bits per heavy atom. The molecule has 0 radical (unpaired) electrons. The summed E-state index contributed by atoms with van der Waals surface area (Å²) in [6.07, 6.45) is 3.94. The predicted octanol–water partition coefficient (Wildman–Crippen LogP) is 2.83. The van der Waals surface area contributed by atoms with Gasteiger partial charge >= 0.3 is 0 Å². The van der Waals surface area contributed by atoms with Gasteiger partial charge in [-0.2, -0.15) is 0 Å². The highest BCUT2D eigenvalue weighted by molar-refractivity contribution is 5.57. The smallest absolute Gasteiger partial charge is 0.123 e. The molecule has 2 nitrogen and oxygen atoms in total. The van der Waals surface area contributed by atoms with Gasteiger partial charge in [-0.15, -0.1) is 0 Å². The molecule has 1 aliphatic carbocycles.